The van der Waals surface area contributed by atoms with Crippen LogP contribution in [0.5, 0.6) is 0 Å². The zero-order chi connectivity index (χ0) is 25.1. The van der Waals surface area contributed by atoms with Crippen LogP contribution in [0.1, 0.15) is 18.9 Å². The van der Waals surface area contributed by atoms with Crippen molar-refractivity contribution < 1.29 is 23.7 Å². The Morgan fingerprint density at radius 3 is 2.56 bits per heavy atom. The van der Waals surface area contributed by atoms with Gasteiger partial charge in [-0.3, -0.25) is 4.79 Å². The summed E-state index contributed by atoms with van der Waals surface area (Å²) < 4.78 is 24.7. The number of hydrogen-bond donors (Lipinski definition) is 1. The summed E-state index contributed by atoms with van der Waals surface area (Å²) in [5.41, 5.74) is 2.27. The van der Waals surface area contributed by atoms with Gasteiger partial charge in [0.05, 0.1) is 19.1 Å². The molecule has 5 nitrogen and oxygen atoms in total. The first-order chi connectivity index (χ1) is 16.2. The van der Waals surface area contributed by atoms with Gasteiger partial charge in [0.15, 0.2) is 0 Å². The van der Waals surface area contributed by atoms with Gasteiger partial charge < -0.3 is 19.4 Å². The van der Waals surface area contributed by atoms with E-state index in [-0.39, 0.29) is 23.6 Å². The molecule has 34 heavy (non-hydrogen) atoms. The summed E-state index contributed by atoms with van der Waals surface area (Å²) in [6.45, 7) is 5.28. The van der Waals surface area contributed by atoms with Crippen LogP contribution in [0.25, 0.3) is 11.1 Å². The SMILES string of the molecule is CCOC(=O)[C@@H](C[C@H](CB(C)O)Cc1ccc(-c2cc(Cl)ccc2F)cc1)CN(C)CCOC. The molecule has 0 aliphatic rings. The largest absolute Gasteiger partial charge is 0.466 e. The summed E-state index contributed by atoms with van der Waals surface area (Å²) >= 11 is 6.04. The van der Waals surface area contributed by atoms with Gasteiger partial charge in [-0.2, -0.15) is 0 Å². The number of carbonyl (C=O) groups excluding carboxylic acids is 1. The quantitative estimate of drug-likeness (QED) is 0.295. The van der Waals surface area contributed by atoms with E-state index >= 15 is 0 Å². The molecule has 2 aromatic rings. The third-order valence-electron chi connectivity index (χ3n) is 5.84. The van der Waals surface area contributed by atoms with E-state index in [1.54, 1.807) is 26.9 Å². The summed E-state index contributed by atoms with van der Waals surface area (Å²) in [6, 6.07) is 12.2. The van der Waals surface area contributed by atoms with Crippen molar-refractivity contribution in [2.24, 2.45) is 11.8 Å². The second kappa shape index (κ2) is 14.5. The van der Waals surface area contributed by atoms with Crippen molar-refractivity contribution in [3.05, 3.63) is 58.9 Å². The number of benzene rings is 2. The van der Waals surface area contributed by atoms with E-state index in [0.717, 1.165) is 17.7 Å². The minimum atomic E-state index is -0.487. The van der Waals surface area contributed by atoms with E-state index in [4.69, 9.17) is 21.1 Å². The van der Waals surface area contributed by atoms with Crippen LogP contribution in [0.2, 0.25) is 18.2 Å². The Morgan fingerprint density at radius 1 is 1.24 bits per heavy atom. The third-order valence-corrected chi connectivity index (χ3v) is 6.07. The van der Waals surface area contributed by atoms with Gasteiger partial charge in [-0.05, 0) is 68.4 Å². The molecule has 0 spiro atoms. The normalized spacial score (nSPS) is 13.1. The molecule has 2 rings (SSSR count). The van der Waals surface area contributed by atoms with Crippen LogP contribution in [0.15, 0.2) is 42.5 Å². The van der Waals surface area contributed by atoms with E-state index in [0.29, 0.717) is 49.5 Å². The van der Waals surface area contributed by atoms with Gasteiger partial charge in [0.1, 0.15) is 5.82 Å². The van der Waals surface area contributed by atoms with Gasteiger partial charge in [-0.25, -0.2) is 4.39 Å². The molecule has 0 radical (unpaired) electrons. The summed E-state index contributed by atoms with van der Waals surface area (Å²) in [5.74, 6) is -0.752. The lowest BCUT2D eigenvalue weighted by Crippen LogP contribution is -2.35. The molecule has 8 heteroatoms. The molecule has 0 saturated carbocycles. The highest BCUT2D eigenvalue weighted by atomic mass is 35.5. The van der Waals surface area contributed by atoms with Gasteiger partial charge >= 0.3 is 5.97 Å². The van der Waals surface area contributed by atoms with Crippen LogP contribution in [0, 0.1) is 17.7 Å². The van der Waals surface area contributed by atoms with Crippen molar-refractivity contribution in [1.29, 1.82) is 0 Å². The number of esters is 1. The van der Waals surface area contributed by atoms with Crippen molar-refractivity contribution in [2.45, 2.75) is 32.9 Å². The second-order valence-electron chi connectivity index (χ2n) is 8.92. The number of likely N-dealkylation sites (N-methyl/N-ethyl adjacent to an activating group) is 1. The van der Waals surface area contributed by atoms with Gasteiger partial charge in [0.2, 0.25) is 0 Å². The fourth-order valence-electron chi connectivity index (χ4n) is 4.24. The average molecular weight is 492 g/mol. The molecule has 0 bridgehead atoms. The van der Waals surface area contributed by atoms with Crippen LogP contribution >= 0.6 is 11.6 Å². The molecule has 0 fully saturated rings. The minimum absolute atomic E-state index is 0.0824. The van der Waals surface area contributed by atoms with Crippen LogP contribution in [0.3, 0.4) is 0 Å². The van der Waals surface area contributed by atoms with E-state index in [1.807, 2.05) is 31.3 Å². The first kappa shape index (κ1) is 28.3. The van der Waals surface area contributed by atoms with Crippen molar-refractivity contribution in [3.8, 4) is 11.1 Å². The number of rotatable bonds is 14. The highest BCUT2D eigenvalue weighted by Gasteiger charge is 2.27. The molecule has 0 saturated heterocycles. The lowest BCUT2D eigenvalue weighted by atomic mass is 9.62. The van der Waals surface area contributed by atoms with Crippen LogP contribution in [-0.2, 0) is 20.7 Å². The van der Waals surface area contributed by atoms with Crippen LogP contribution < -0.4 is 0 Å². The summed E-state index contributed by atoms with van der Waals surface area (Å²) in [6.07, 6.45) is 1.87. The lowest BCUT2D eigenvalue weighted by Gasteiger charge is -2.27. The molecule has 0 aromatic heterocycles. The maximum Gasteiger partial charge on any atom is 0.310 e. The first-order valence-electron chi connectivity index (χ1n) is 11.8. The maximum absolute atomic E-state index is 14.2. The standard InChI is InChI=1S/C26H36BClFNO4/c1-5-34-26(31)22(18-30(3)12-13-33-4)15-20(17-27(2)32)14-19-6-8-21(9-7-19)24-16-23(28)10-11-25(24)29/h6-11,16,20,22,32H,5,12-15,17-18H2,1-4H3/t20-,22+/m1/s1. The summed E-state index contributed by atoms with van der Waals surface area (Å²) in [4.78, 5) is 14.8. The first-order valence-corrected chi connectivity index (χ1v) is 12.2. The van der Waals surface area contributed by atoms with E-state index in [2.05, 4.69) is 4.90 Å². The molecule has 186 valence electrons. The van der Waals surface area contributed by atoms with E-state index in [1.165, 1.54) is 12.1 Å². The predicted octanol–water partition coefficient (Wildman–Crippen LogP) is 5.07. The van der Waals surface area contributed by atoms with Crippen molar-refractivity contribution in [1.82, 2.24) is 4.90 Å². The van der Waals surface area contributed by atoms with Gasteiger partial charge in [0, 0.05) is 30.8 Å². The molecule has 0 unspecified atom stereocenters. The van der Waals surface area contributed by atoms with Crippen LogP contribution in [0.4, 0.5) is 4.39 Å². The number of halogens is 2. The Morgan fingerprint density at radius 2 is 1.94 bits per heavy atom. The zero-order valence-corrected chi connectivity index (χ0v) is 21.4. The Kier molecular flexibility index (Phi) is 12.0. The second-order valence-corrected chi connectivity index (χ2v) is 9.35. The molecule has 2 aromatic carbocycles. The molecule has 0 aliphatic carbocycles. The Balaban J connectivity index is 2.16. The lowest BCUT2D eigenvalue weighted by molar-refractivity contribution is -0.149. The van der Waals surface area contributed by atoms with E-state index in [9.17, 15) is 14.2 Å². The minimum Gasteiger partial charge on any atom is -0.466 e. The molecule has 0 heterocycles. The molecule has 2 atom stereocenters. The van der Waals surface area contributed by atoms with Gasteiger partial charge in [-0.15, -0.1) is 0 Å². The molecular weight excluding hydrogens is 456 g/mol. The maximum atomic E-state index is 14.2. The number of methoxy groups -OCH3 is 1. The predicted molar refractivity (Wildman–Crippen MR) is 137 cm³/mol. The molecule has 1 N–H and O–H groups in total. The van der Waals surface area contributed by atoms with Crippen LogP contribution in [-0.4, -0.2) is 63.3 Å². The Bertz CT molecular complexity index is 897. The molecule has 0 aliphatic heterocycles. The van der Waals surface area contributed by atoms with Crippen molar-refractivity contribution in [2.75, 3.05) is 40.5 Å². The van der Waals surface area contributed by atoms with Gasteiger partial charge in [-0.1, -0.05) is 42.7 Å². The van der Waals surface area contributed by atoms with E-state index < -0.39 is 6.92 Å². The van der Waals surface area contributed by atoms with Gasteiger partial charge in [0.25, 0.3) is 6.92 Å². The van der Waals surface area contributed by atoms with Crippen molar-refractivity contribution >= 4 is 24.5 Å². The Labute approximate surface area is 208 Å². The summed E-state index contributed by atoms with van der Waals surface area (Å²) in [7, 11) is 3.62. The topological polar surface area (TPSA) is 59.0 Å². The smallest absolute Gasteiger partial charge is 0.310 e. The number of ether oxygens (including phenoxy) is 2. The Hall–Kier alpha value is -1.93. The highest BCUT2D eigenvalue weighted by Crippen LogP contribution is 2.28. The number of hydrogen-bond acceptors (Lipinski definition) is 5. The number of carbonyl (C=O) groups is 1. The zero-order valence-electron chi connectivity index (χ0n) is 20.6. The highest BCUT2D eigenvalue weighted by molar-refractivity contribution is 6.48. The fraction of sp³-hybridized carbons (Fsp3) is 0.500. The molecular formula is C26H36BClFNO4. The fourth-order valence-corrected chi connectivity index (χ4v) is 4.41. The average Bonchev–Trinajstić information content (AvgIpc) is 2.79. The summed E-state index contributed by atoms with van der Waals surface area (Å²) in [5, 5.41) is 10.6. The monoisotopic (exact) mass is 491 g/mol. The van der Waals surface area contributed by atoms with Crippen molar-refractivity contribution in [3.63, 3.8) is 0 Å². The molecule has 0 amide bonds. The number of nitrogens with zero attached hydrogens (tertiary/aromatic N) is 1. The third kappa shape index (κ3) is 9.38.